The van der Waals surface area contributed by atoms with Gasteiger partial charge < -0.3 is 24.4 Å². The monoisotopic (exact) mass is 437 g/mol. The molecule has 1 aromatic rings. The minimum atomic E-state index is -0.874. The second-order valence-corrected chi connectivity index (χ2v) is 7.96. The Labute approximate surface area is 179 Å². The van der Waals surface area contributed by atoms with Gasteiger partial charge in [-0.3, -0.25) is 14.9 Å². The lowest BCUT2D eigenvalue weighted by Gasteiger charge is -2.24. The number of nitro groups is 1. The number of likely N-dealkylation sites (tertiary alicyclic amines) is 1. The summed E-state index contributed by atoms with van der Waals surface area (Å²) in [5, 5.41) is 13.3. The molecule has 1 heterocycles. The maximum absolute atomic E-state index is 12.8. The number of nitrogens with one attached hydrogen (secondary N) is 1. The Balaban J connectivity index is 1.95. The third-order valence-electron chi connectivity index (χ3n) is 4.46. The van der Waals surface area contributed by atoms with Crippen molar-refractivity contribution in [2.24, 2.45) is 0 Å². The molecule has 0 unspecified atom stereocenters. The maximum atomic E-state index is 12.8. The largest absolute Gasteiger partial charge is 0.467 e. The van der Waals surface area contributed by atoms with Crippen molar-refractivity contribution in [3.63, 3.8) is 0 Å². The van der Waals surface area contributed by atoms with Crippen molar-refractivity contribution in [3.8, 4) is 0 Å². The lowest BCUT2D eigenvalue weighted by atomic mass is 10.2. The summed E-state index contributed by atoms with van der Waals surface area (Å²) in [5.41, 5.74) is -0.0491. The lowest BCUT2D eigenvalue weighted by Crippen LogP contribution is -2.45. The molecule has 0 saturated carbocycles. The second kappa shape index (κ2) is 10.2. The van der Waals surface area contributed by atoms with Crippen LogP contribution in [-0.4, -0.2) is 65.7 Å². The quantitative estimate of drug-likeness (QED) is 0.369. The molecule has 1 aliphatic rings. The van der Waals surface area contributed by atoms with Crippen molar-refractivity contribution in [3.05, 3.63) is 39.9 Å². The van der Waals surface area contributed by atoms with Gasteiger partial charge in [0.1, 0.15) is 17.7 Å². The summed E-state index contributed by atoms with van der Waals surface area (Å²) in [4.78, 5) is 48.2. The van der Waals surface area contributed by atoms with Crippen LogP contribution < -0.4 is 5.32 Å². The average molecular weight is 437 g/mol. The number of esters is 1. The molecule has 2 amide bonds. The predicted molar refractivity (Wildman–Crippen MR) is 108 cm³/mol. The Hall–Kier alpha value is -3.21. The van der Waals surface area contributed by atoms with Gasteiger partial charge in [-0.2, -0.15) is 0 Å². The first-order valence-corrected chi connectivity index (χ1v) is 9.72. The molecular formula is C20H27N3O8. The summed E-state index contributed by atoms with van der Waals surface area (Å²) >= 11 is 0. The number of alkyl carbamates (subject to hydrolysis) is 1. The van der Waals surface area contributed by atoms with Crippen molar-refractivity contribution in [2.45, 2.75) is 51.5 Å². The molecule has 2 atom stereocenters. The average Bonchev–Trinajstić information content (AvgIpc) is 3.00. The highest BCUT2D eigenvalue weighted by Gasteiger charge is 2.44. The van der Waals surface area contributed by atoms with Gasteiger partial charge in [-0.1, -0.05) is 0 Å². The van der Waals surface area contributed by atoms with Gasteiger partial charge in [0.2, 0.25) is 0 Å². The van der Waals surface area contributed by atoms with Crippen LogP contribution in [0.15, 0.2) is 24.3 Å². The molecule has 1 fully saturated rings. The zero-order valence-electron chi connectivity index (χ0n) is 18.0. The van der Waals surface area contributed by atoms with E-state index >= 15 is 0 Å². The number of carbonyl (C=O) groups is 3. The first kappa shape index (κ1) is 24.1. The van der Waals surface area contributed by atoms with Crippen LogP contribution >= 0.6 is 0 Å². The van der Waals surface area contributed by atoms with Crippen LogP contribution in [0.4, 0.5) is 10.5 Å². The molecule has 11 heteroatoms. The number of hydrogen-bond acceptors (Lipinski definition) is 8. The van der Waals surface area contributed by atoms with Crippen molar-refractivity contribution in [1.82, 2.24) is 10.2 Å². The standard InChI is InChI=1S/C20H27N3O8/c1-20(2,3)31-19(26)21-9-10-22-15(18(25)29-4)11-16(17(22)24)30-12-13-5-7-14(8-6-13)23(27)28/h5-8,15-16H,9-12H2,1-4H3,(H,21,26)/t15-,16-/m0/s1. The first-order chi connectivity index (χ1) is 14.5. The van der Waals surface area contributed by atoms with Gasteiger partial charge in [-0.05, 0) is 38.5 Å². The summed E-state index contributed by atoms with van der Waals surface area (Å²) < 4.78 is 15.6. The van der Waals surface area contributed by atoms with E-state index in [4.69, 9.17) is 14.2 Å². The summed E-state index contributed by atoms with van der Waals surface area (Å²) in [6, 6.07) is 4.94. The number of nitrogens with zero attached hydrogens (tertiary/aromatic N) is 2. The van der Waals surface area contributed by atoms with E-state index in [1.807, 2.05) is 0 Å². The van der Waals surface area contributed by atoms with Crippen LogP contribution in [0, 0.1) is 10.1 Å². The molecule has 31 heavy (non-hydrogen) atoms. The van der Waals surface area contributed by atoms with E-state index in [1.54, 1.807) is 20.8 Å². The zero-order valence-corrected chi connectivity index (χ0v) is 18.0. The van der Waals surface area contributed by atoms with E-state index in [2.05, 4.69) is 5.32 Å². The maximum Gasteiger partial charge on any atom is 0.407 e. The molecule has 0 spiro atoms. The Morgan fingerprint density at radius 1 is 1.26 bits per heavy atom. The van der Waals surface area contributed by atoms with Gasteiger partial charge in [0, 0.05) is 31.6 Å². The normalized spacial score (nSPS) is 18.6. The molecule has 1 aromatic carbocycles. The molecule has 1 N–H and O–H groups in total. The Morgan fingerprint density at radius 3 is 2.45 bits per heavy atom. The van der Waals surface area contributed by atoms with Gasteiger partial charge in [0.25, 0.3) is 11.6 Å². The number of ether oxygens (including phenoxy) is 3. The molecule has 0 radical (unpaired) electrons. The number of non-ortho nitro benzene ring substituents is 1. The van der Waals surface area contributed by atoms with Crippen LogP contribution in [0.3, 0.4) is 0 Å². The Morgan fingerprint density at radius 2 is 1.90 bits per heavy atom. The molecule has 0 aromatic heterocycles. The SMILES string of the molecule is COC(=O)[C@@H]1C[C@H](OCc2ccc([N+](=O)[O-])cc2)C(=O)N1CCNC(=O)OC(C)(C)C. The number of hydrogen-bond donors (Lipinski definition) is 1. The molecule has 1 saturated heterocycles. The van der Waals surface area contributed by atoms with E-state index in [1.165, 1.54) is 36.3 Å². The van der Waals surface area contributed by atoms with E-state index in [0.717, 1.165) is 0 Å². The lowest BCUT2D eigenvalue weighted by molar-refractivity contribution is -0.384. The smallest absolute Gasteiger partial charge is 0.407 e. The highest BCUT2D eigenvalue weighted by molar-refractivity contribution is 5.91. The fourth-order valence-electron chi connectivity index (χ4n) is 3.04. The number of nitro benzene ring substituents is 1. The Bertz CT molecular complexity index is 819. The Kier molecular flexibility index (Phi) is 7.92. The highest BCUT2D eigenvalue weighted by Crippen LogP contribution is 2.24. The topological polar surface area (TPSA) is 137 Å². The second-order valence-electron chi connectivity index (χ2n) is 7.96. The molecule has 0 bridgehead atoms. The minimum Gasteiger partial charge on any atom is -0.467 e. The molecular weight excluding hydrogens is 410 g/mol. The highest BCUT2D eigenvalue weighted by atomic mass is 16.6. The molecule has 1 aliphatic heterocycles. The molecule has 170 valence electrons. The van der Waals surface area contributed by atoms with Gasteiger partial charge in [-0.25, -0.2) is 9.59 Å². The van der Waals surface area contributed by atoms with E-state index in [9.17, 15) is 24.5 Å². The third kappa shape index (κ3) is 6.92. The van der Waals surface area contributed by atoms with Crippen LogP contribution in [0.1, 0.15) is 32.8 Å². The number of benzene rings is 1. The molecule has 2 rings (SSSR count). The zero-order chi connectivity index (χ0) is 23.2. The third-order valence-corrected chi connectivity index (χ3v) is 4.46. The number of rotatable bonds is 8. The van der Waals surface area contributed by atoms with Crippen molar-refractivity contribution < 1.29 is 33.5 Å². The fourth-order valence-corrected chi connectivity index (χ4v) is 3.04. The summed E-state index contributed by atoms with van der Waals surface area (Å²) in [7, 11) is 1.23. The number of amides is 2. The van der Waals surface area contributed by atoms with E-state index in [-0.39, 0.29) is 31.8 Å². The molecule has 0 aliphatic carbocycles. The van der Waals surface area contributed by atoms with Crippen LogP contribution in [0.5, 0.6) is 0 Å². The fraction of sp³-hybridized carbons (Fsp3) is 0.550. The van der Waals surface area contributed by atoms with Crippen LogP contribution in [-0.2, 0) is 30.4 Å². The van der Waals surface area contributed by atoms with Crippen molar-refractivity contribution in [1.29, 1.82) is 0 Å². The van der Waals surface area contributed by atoms with Crippen molar-refractivity contribution >= 4 is 23.7 Å². The van der Waals surface area contributed by atoms with Gasteiger partial charge in [0.15, 0.2) is 0 Å². The van der Waals surface area contributed by atoms with Gasteiger partial charge in [0.05, 0.1) is 18.6 Å². The van der Waals surface area contributed by atoms with Crippen molar-refractivity contribution in [2.75, 3.05) is 20.2 Å². The van der Waals surface area contributed by atoms with Gasteiger partial charge in [-0.15, -0.1) is 0 Å². The summed E-state index contributed by atoms with van der Waals surface area (Å²) in [6.07, 6.45) is -1.40. The summed E-state index contributed by atoms with van der Waals surface area (Å²) in [5.74, 6) is -0.977. The van der Waals surface area contributed by atoms with E-state index in [0.29, 0.717) is 5.56 Å². The van der Waals surface area contributed by atoms with Gasteiger partial charge >= 0.3 is 12.1 Å². The number of carbonyl (C=O) groups excluding carboxylic acids is 3. The predicted octanol–water partition coefficient (Wildman–Crippen LogP) is 1.78. The van der Waals surface area contributed by atoms with Crippen LogP contribution in [0.25, 0.3) is 0 Å². The van der Waals surface area contributed by atoms with E-state index < -0.39 is 40.6 Å². The summed E-state index contributed by atoms with van der Waals surface area (Å²) in [6.45, 7) is 5.41. The van der Waals surface area contributed by atoms with Crippen LogP contribution in [0.2, 0.25) is 0 Å². The molecule has 11 nitrogen and oxygen atoms in total. The minimum absolute atomic E-state index is 0.0462. The number of methoxy groups -OCH3 is 1. The first-order valence-electron chi connectivity index (χ1n) is 9.72.